The summed E-state index contributed by atoms with van der Waals surface area (Å²) < 4.78 is 27.3. The number of benzene rings is 2. The lowest BCUT2D eigenvalue weighted by atomic mass is 10.2. The summed E-state index contributed by atoms with van der Waals surface area (Å²) in [5.41, 5.74) is 0.626. The first-order valence-corrected chi connectivity index (χ1v) is 10.8. The molecule has 0 aromatic heterocycles. The second-order valence-electron chi connectivity index (χ2n) is 6.32. The van der Waals surface area contributed by atoms with Crippen molar-refractivity contribution in [1.82, 2.24) is 9.62 Å². The second kappa shape index (κ2) is 8.37. The molecule has 0 radical (unpaired) electrons. The molecule has 1 amide bonds. The van der Waals surface area contributed by atoms with E-state index in [9.17, 15) is 13.2 Å². The van der Waals surface area contributed by atoms with E-state index in [1.165, 1.54) is 24.3 Å². The Bertz CT molecular complexity index is 945. The summed E-state index contributed by atoms with van der Waals surface area (Å²) in [6.07, 6.45) is 1.84. The molecular formula is C18H17Cl3N2O3S. The smallest absolute Gasteiger partial charge is 0.243 e. The third-order valence-electron chi connectivity index (χ3n) is 4.06. The predicted molar refractivity (Wildman–Crippen MR) is 107 cm³/mol. The van der Waals surface area contributed by atoms with Crippen LogP contribution in [0.1, 0.15) is 18.4 Å². The van der Waals surface area contributed by atoms with Crippen molar-refractivity contribution in [3.63, 3.8) is 0 Å². The van der Waals surface area contributed by atoms with Crippen LogP contribution in [0.15, 0.2) is 47.4 Å². The van der Waals surface area contributed by atoms with Crippen LogP contribution in [-0.2, 0) is 21.4 Å². The molecule has 3 rings (SSSR count). The summed E-state index contributed by atoms with van der Waals surface area (Å²) >= 11 is 17.8. The Morgan fingerprint density at radius 3 is 2.30 bits per heavy atom. The van der Waals surface area contributed by atoms with Crippen LogP contribution < -0.4 is 5.32 Å². The maximum absolute atomic E-state index is 13.1. The molecule has 1 N–H and O–H groups in total. The van der Waals surface area contributed by atoms with E-state index in [1.807, 2.05) is 0 Å². The molecule has 5 nitrogen and oxygen atoms in total. The molecule has 27 heavy (non-hydrogen) atoms. The van der Waals surface area contributed by atoms with Crippen LogP contribution in [-0.4, -0.2) is 31.2 Å². The van der Waals surface area contributed by atoms with Gasteiger partial charge in [-0.05, 0) is 54.8 Å². The average Bonchev–Trinajstić information content (AvgIpc) is 3.42. The number of nitrogens with one attached hydrogen (secondary N) is 1. The van der Waals surface area contributed by atoms with Crippen LogP contribution in [0.5, 0.6) is 0 Å². The summed E-state index contributed by atoms with van der Waals surface area (Å²) in [6, 6.07) is 10.8. The molecule has 0 unspecified atom stereocenters. The van der Waals surface area contributed by atoms with E-state index in [2.05, 4.69) is 5.32 Å². The minimum Gasteiger partial charge on any atom is -0.352 e. The molecule has 144 valence electrons. The summed E-state index contributed by atoms with van der Waals surface area (Å²) in [7, 11) is -3.91. The largest absolute Gasteiger partial charge is 0.352 e. The van der Waals surface area contributed by atoms with Crippen molar-refractivity contribution >= 4 is 50.7 Å². The Morgan fingerprint density at radius 2 is 1.70 bits per heavy atom. The number of carbonyl (C=O) groups is 1. The van der Waals surface area contributed by atoms with Crippen LogP contribution in [0.4, 0.5) is 0 Å². The SMILES string of the molecule is O=C(CN(Cc1ccc(Cl)c(Cl)c1)S(=O)(=O)c1ccc(Cl)cc1)NC1CC1. The number of halogens is 3. The van der Waals surface area contributed by atoms with Gasteiger partial charge >= 0.3 is 0 Å². The highest BCUT2D eigenvalue weighted by Crippen LogP contribution is 2.26. The normalized spacial score (nSPS) is 14.4. The Kier molecular flexibility index (Phi) is 6.33. The average molecular weight is 448 g/mol. The van der Waals surface area contributed by atoms with Gasteiger partial charge in [-0.25, -0.2) is 8.42 Å². The third kappa shape index (κ3) is 5.36. The number of rotatable bonds is 7. The summed E-state index contributed by atoms with van der Waals surface area (Å²) in [5, 5.41) is 3.93. The monoisotopic (exact) mass is 446 g/mol. The Labute approximate surface area is 173 Å². The van der Waals surface area contributed by atoms with E-state index in [0.29, 0.717) is 20.6 Å². The van der Waals surface area contributed by atoms with Gasteiger partial charge < -0.3 is 5.32 Å². The lowest BCUT2D eigenvalue weighted by molar-refractivity contribution is -0.121. The fourth-order valence-corrected chi connectivity index (χ4v) is 4.32. The van der Waals surface area contributed by atoms with E-state index >= 15 is 0 Å². The molecule has 1 saturated carbocycles. The van der Waals surface area contributed by atoms with Gasteiger partial charge in [-0.3, -0.25) is 4.79 Å². The number of nitrogens with zero attached hydrogens (tertiary/aromatic N) is 1. The first-order valence-electron chi connectivity index (χ1n) is 8.25. The topological polar surface area (TPSA) is 66.5 Å². The molecule has 1 fully saturated rings. The highest BCUT2D eigenvalue weighted by atomic mass is 35.5. The molecule has 0 atom stereocenters. The molecule has 2 aromatic rings. The Hall–Kier alpha value is -1.31. The first-order chi connectivity index (χ1) is 12.8. The van der Waals surface area contributed by atoms with E-state index in [0.717, 1.165) is 17.1 Å². The number of hydrogen-bond acceptors (Lipinski definition) is 3. The number of amides is 1. The molecule has 9 heteroatoms. The van der Waals surface area contributed by atoms with E-state index < -0.39 is 10.0 Å². The maximum atomic E-state index is 13.1. The van der Waals surface area contributed by atoms with Crippen molar-refractivity contribution in [1.29, 1.82) is 0 Å². The molecule has 0 heterocycles. The zero-order chi connectivity index (χ0) is 19.6. The van der Waals surface area contributed by atoms with Crippen molar-refractivity contribution in [2.75, 3.05) is 6.54 Å². The quantitative estimate of drug-likeness (QED) is 0.694. The van der Waals surface area contributed by atoms with Crippen molar-refractivity contribution in [2.45, 2.75) is 30.3 Å². The first kappa shape index (κ1) is 20.4. The third-order valence-corrected chi connectivity index (χ3v) is 6.85. The maximum Gasteiger partial charge on any atom is 0.243 e. The zero-order valence-electron chi connectivity index (χ0n) is 14.2. The molecule has 0 aliphatic heterocycles. The van der Waals surface area contributed by atoms with Crippen LogP contribution in [0.2, 0.25) is 15.1 Å². The fourth-order valence-electron chi connectivity index (χ4n) is 2.48. The zero-order valence-corrected chi connectivity index (χ0v) is 17.2. The number of sulfonamides is 1. The summed E-state index contributed by atoms with van der Waals surface area (Å²) in [6.45, 7) is -0.304. The lowest BCUT2D eigenvalue weighted by Gasteiger charge is -2.22. The second-order valence-corrected chi connectivity index (χ2v) is 9.51. The number of hydrogen-bond donors (Lipinski definition) is 1. The van der Waals surface area contributed by atoms with Gasteiger partial charge in [0, 0.05) is 17.6 Å². The highest BCUT2D eigenvalue weighted by molar-refractivity contribution is 7.89. The van der Waals surface area contributed by atoms with Gasteiger partial charge in [0.05, 0.1) is 21.5 Å². The van der Waals surface area contributed by atoms with E-state index in [4.69, 9.17) is 34.8 Å². The molecule has 0 spiro atoms. The fraction of sp³-hybridized carbons (Fsp3) is 0.278. The molecule has 0 bridgehead atoms. The van der Waals surface area contributed by atoms with Crippen LogP contribution in [0, 0.1) is 0 Å². The minimum atomic E-state index is -3.91. The van der Waals surface area contributed by atoms with E-state index in [1.54, 1.807) is 18.2 Å². The van der Waals surface area contributed by atoms with Gasteiger partial charge in [-0.15, -0.1) is 0 Å². The van der Waals surface area contributed by atoms with Gasteiger partial charge in [0.1, 0.15) is 0 Å². The summed E-state index contributed by atoms with van der Waals surface area (Å²) in [4.78, 5) is 12.3. The number of carbonyl (C=O) groups excluding carboxylic acids is 1. The summed E-state index contributed by atoms with van der Waals surface area (Å²) in [5.74, 6) is -0.338. The molecular weight excluding hydrogens is 431 g/mol. The van der Waals surface area contributed by atoms with Gasteiger partial charge in [-0.2, -0.15) is 4.31 Å². The molecule has 1 aliphatic rings. The van der Waals surface area contributed by atoms with Crippen LogP contribution in [0.25, 0.3) is 0 Å². The Morgan fingerprint density at radius 1 is 1.04 bits per heavy atom. The van der Waals surface area contributed by atoms with Gasteiger partial charge in [0.15, 0.2) is 0 Å². The molecule has 0 saturated heterocycles. The van der Waals surface area contributed by atoms with Gasteiger partial charge in [0.25, 0.3) is 0 Å². The molecule has 1 aliphatic carbocycles. The van der Waals surface area contributed by atoms with Crippen LogP contribution >= 0.6 is 34.8 Å². The lowest BCUT2D eigenvalue weighted by Crippen LogP contribution is -2.41. The van der Waals surface area contributed by atoms with Crippen molar-refractivity contribution in [2.24, 2.45) is 0 Å². The van der Waals surface area contributed by atoms with Crippen molar-refractivity contribution in [3.8, 4) is 0 Å². The van der Waals surface area contributed by atoms with Crippen molar-refractivity contribution in [3.05, 3.63) is 63.1 Å². The van der Waals surface area contributed by atoms with Crippen LogP contribution in [0.3, 0.4) is 0 Å². The Balaban J connectivity index is 1.88. The predicted octanol–water partition coefficient (Wildman–Crippen LogP) is 4.12. The standard InChI is InChI=1S/C18H17Cl3N2O3S/c19-13-2-6-15(7-3-13)27(25,26)23(11-18(24)22-14-4-5-14)10-12-1-8-16(20)17(21)9-12/h1-3,6-9,14H,4-5,10-11H2,(H,22,24). The van der Waals surface area contributed by atoms with Gasteiger partial charge in [-0.1, -0.05) is 40.9 Å². The van der Waals surface area contributed by atoms with Crippen molar-refractivity contribution < 1.29 is 13.2 Å². The molecule has 2 aromatic carbocycles. The van der Waals surface area contributed by atoms with Gasteiger partial charge in [0.2, 0.25) is 15.9 Å². The highest BCUT2D eigenvalue weighted by Gasteiger charge is 2.29. The van der Waals surface area contributed by atoms with E-state index in [-0.39, 0.29) is 29.9 Å². The minimum absolute atomic E-state index is 0.0140.